The van der Waals surface area contributed by atoms with Crippen molar-refractivity contribution in [3.63, 3.8) is 0 Å². The van der Waals surface area contributed by atoms with E-state index in [-0.39, 0.29) is 0 Å². The molecule has 0 atom stereocenters. The molecule has 1 aromatic heterocycles. The molecule has 0 bridgehead atoms. The number of nitrogens with zero attached hydrogens (tertiary/aromatic N) is 1. The maximum Gasteiger partial charge on any atom is 0.137 e. The first-order valence-corrected chi connectivity index (χ1v) is 5.60. The zero-order chi connectivity index (χ0) is 11.1. The van der Waals surface area contributed by atoms with Gasteiger partial charge in [-0.05, 0) is 49.4 Å². The number of nitrogen functional groups attached to an aromatic ring is 1. The van der Waals surface area contributed by atoms with E-state index in [9.17, 15) is 5.11 Å². The van der Waals surface area contributed by atoms with Gasteiger partial charge in [-0.25, -0.2) is 4.98 Å². The Bertz CT molecular complexity index is 547. The van der Waals surface area contributed by atoms with Gasteiger partial charge in [0.25, 0.3) is 0 Å². The zero-order valence-corrected chi connectivity index (χ0v) is 8.98. The van der Waals surface area contributed by atoms with E-state index in [0.29, 0.717) is 11.4 Å². The van der Waals surface area contributed by atoms with Gasteiger partial charge in [0.05, 0.1) is 11.2 Å². The molecule has 16 heavy (non-hydrogen) atoms. The minimum atomic E-state index is 0.296. The van der Waals surface area contributed by atoms with E-state index in [1.165, 1.54) is 12.8 Å². The molecule has 1 heterocycles. The van der Waals surface area contributed by atoms with E-state index < -0.39 is 0 Å². The summed E-state index contributed by atoms with van der Waals surface area (Å²) in [5.74, 6) is 1.02. The summed E-state index contributed by atoms with van der Waals surface area (Å²) >= 11 is 0. The Morgan fingerprint density at radius 1 is 1.31 bits per heavy atom. The highest BCUT2D eigenvalue weighted by Crippen LogP contribution is 2.35. The van der Waals surface area contributed by atoms with Crippen LogP contribution in [0.5, 0.6) is 5.75 Å². The quantitative estimate of drug-likeness (QED) is 0.755. The van der Waals surface area contributed by atoms with Crippen molar-refractivity contribution in [1.29, 1.82) is 0 Å². The highest BCUT2D eigenvalue weighted by molar-refractivity contribution is 5.83. The van der Waals surface area contributed by atoms with Crippen molar-refractivity contribution in [3.05, 3.63) is 30.0 Å². The number of hydrogen-bond donors (Lipinski definition) is 2. The number of aromatic nitrogens is 1. The van der Waals surface area contributed by atoms with Crippen LogP contribution in [-0.2, 0) is 6.42 Å². The Morgan fingerprint density at radius 2 is 2.12 bits per heavy atom. The predicted molar refractivity (Wildman–Crippen MR) is 64.2 cm³/mol. The molecule has 2 aromatic rings. The monoisotopic (exact) mass is 214 g/mol. The van der Waals surface area contributed by atoms with Crippen molar-refractivity contribution >= 4 is 16.6 Å². The number of hydrogen-bond acceptors (Lipinski definition) is 3. The van der Waals surface area contributed by atoms with Gasteiger partial charge in [0, 0.05) is 11.1 Å². The van der Waals surface area contributed by atoms with Crippen molar-refractivity contribution in [2.45, 2.75) is 19.3 Å². The topological polar surface area (TPSA) is 59.1 Å². The molecule has 3 nitrogen and oxygen atoms in total. The second kappa shape index (κ2) is 3.37. The predicted octanol–water partition coefficient (Wildman–Crippen LogP) is 2.48. The third kappa shape index (κ3) is 1.69. The number of fused-ring (bicyclic) bond motifs is 1. The first-order valence-electron chi connectivity index (χ1n) is 5.60. The van der Waals surface area contributed by atoms with Crippen molar-refractivity contribution in [1.82, 2.24) is 4.98 Å². The average Bonchev–Trinajstić information content (AvgIpc) is 3.03. The summed E-state index contributed by atoms with van der Waals surface area (Å²) in [6, 6.07) is 7.34. The van der Waals surface area contributed by atoms with Crippen molar-refractivity contribution in [3.8, 4) is 5.75 Å². The van der Waals surface area contributed by atoms with Crippen molar-refractivity contribution in [2.75, 3.05) is 5.73 Å². The largest absolute Gasteiger partial charge is 0.506 e. The Kier molecular flexibility index (Phi) is 1.99. The number of nitrogens with two attached hydrogens (primary N) is 1. The fourth-order valence-electron chi connectivity index (χ4n) is 1.97. The molecule has 1 aliphatic rings. The molecule has 0 saturated heterocycles. The lowest BCUT2D eigenvalue weighted by Gasteiger charge is -2.06. The Morgan fingerprint density at radius 3 is 2.88 bits per heavy atom. The third-order valence-electron chi connectivity index (χ3n) is 3.07. The molecular weight excluding hydrogens is 200 g/mol. The number of rotatable bonds is 2. The molecule has 0 aliphatic heterocycles. The van der Waals surface area contributed by atoms with Crippen LogP contribution in [0, 0.1) is 5.92 Å². The molecule has 1 aliphatic carbocycles. The Hall–Kier alpha value is -1.77. The summed E-state index contributed by atoms with van der Waals surface area (Å²) in [5, 5.41) is 10.8. The second-order valence-corrected chi connectivity index (χ2v) is 4.55. The van der Waals surface area contributed by atoms with Crippen LogP contribution in [0.2, 0.25) is 0 Å². The molecule has 0 spiro atoms. The van der Waals surface area contributed by atoms with Crippen LogP contribution in [0.1, 0.15) is 18.5 Å². The van der Waals surface area contributed by atoms with Gasteiger partial charge in [0.15, 0.2) is 0 Å². The lowest BCUT2D eigenvalue weighted by Crippen LogP contribution is -1.94. The third-order valence-corrected chi connectivity index (χ3v) is 3.07. The van der Waals surface area contributed by atoms with Crippen molar-refractivity contribution < 1.29 is 5.11 Å². The minimum Gasteiger partial charge on any atom is -0.506 e. The van der Waals surface area contributed by atoms with Crippen LogP contribution in [0.4, 0.5) is 5.69 Å². The molecule has 3 N–H and O–H groups in total. The van der Waals surface area contributed by atoms with E-state index in [0.717, 1.165) is 28.9 Å². The summed E-state index contributed by atoms with van der Waals surface area (Å²) in [7, 11) is 0. The summed E-state index contributed by atoms with van der Waals surface area (Å²) in [4.78, 5) is 4.49. The number of anilines is 1. The van der Waals surface area contributed by atoms with Crippen LogP contribution in [-0.4, -0.2) is 10.1 Å². The fraction of sp³-hybridized carbons (Fsp3) is 0.308. The van der Waals surface area contributed by atoms with Crippen LogP contribution >= 0.6 is 0 Å². The maximum absolute atomic E-state index is 9.87. The number of benzene rings is 1. The molecule has 0 amide bonds. The second-order valence-electron chi connectivity index (χ2n) is 4.55. The Labute approximate surface area is 93.9 Å². The van der Waals surface area contributed by atoms with E-state index >= 15 is 0 Å². The average molecular weight is 214 g/mol. The van der Waals surface area contributed by atoms with Gasteiger partial charge in [0.2, 0.25) is 0 Å². The van der Waals surface area contributed by atoms with Gasteiger partial charge in [-0.3, -0.25) is 0 Å². The molecule has 0 radical (unpaired) electrons. The van der Waals surface area contributed by atoms with Gasteiger partial charge in [-0.15, -0.1) is 0 Å². The van der Waals surface area contributed by atoms with Crippen LogP contribution in [0.25, 0.3) is 10.9 Å². The van der Waals surface area contributed by atoms with E-state index in [2.05, 4.69) is 4.98 Å². The maximum atomic E-state index is 9.87. The van der Waals surface area contributed by atoms with Gasteiger partial charge >= 0.3 is 0 Å². The molecule has 0 unspecified atom stereocenters. The number of pyridine rings is 1. The van der Waals surface area contributed by atoms with Gasteiger partial charge in [-0.1, -0.05) is 0 Å². The Balaban J connectivity index is 2.09. The first-order chi connectivity index (χ1) is 7.72. The zero-order valence-electron chi connectivity index (χ0n) is 8.98. The van der Waals surface area contributed by atoms with E-state index in [4.69, 9.17) is 5.73 Å². The van der Waals surface area contributed by atoms with Crippen molar-refractivity contribution in [2.24, 2.45) is 5.92 Å². The first kappa shape index (κ1) is 9.46. The summed E-state index contributed by atoms with van der Waals surface area (Å²) in [6.07, 6.45) is 3.42. The SMILES string of the molecule is Nc1ccc2nc(CC3CC3)c(O)cc2c1. The molecule has 82 valence electrons. The number of aromatic hydroxyl groups is 1. The molecule has 3 heteroatoms. The van der Waals surface area contributed by atoms with Gasteiger partial charge in [-0.2, -0.15) is 0 Å². The highest BCUT2D eigenvalue weighted by Gasteiger charge is 2.23. The minimum absolute atomic E-state index is 0.296. The van der Waals surface area contributed by atoms with Crippen LogP contribution in [0.15, 0.2) is 24.3 Å². The fourth-order valence-corrected chi connectivity index (χ4v) is 1.97. The highest BCUT2D eigenvalue weighted by atomic mass is 16.3. The van der Waals surface area contributed by atoms with Gasteiger partial charge in [0.1, 0.15) is 5.75 Å². The summed E-state index contributed by atoms with van der Waals surface area (Å²) < 4.78 is 0. The molecule has 3 rings (SSSR count). The standard InChI is InChI=1S/C13H14N2O/c14-10-3-4-11-9(6-10)7-13(16)12(15-11)5-8-1-2-8/h3-4,6-8,16H,1-2,5,14H2. The summed E-state index contributed by atoms with van der Waals surface area (Å²) in [5.41, 5.74) is 8.12. The molecule has 1 aromatic carbocycles. The lowest BCUT2D eigenvalue weighted by molar-refractivity contribution is 0.463. The molecule has 1 fully saturated rings. The summed E-state index contributed by atoms with van der Waals surface area (Å²) in [6.45, 7) is 0. The van der Waals surface area contributed by atoms with E-state index in [1.54, 1.807) is 6.07 Å². The normalized spacial score (nSPS) is 15.5. The van der Waals surface area contributed by atoms with Gasteiger partial charge < -0.3 is 10.8 Å². The molecule has 1 saturated carbocycles. The van der Waals surface area contributed by atoms with Crippen LogP contribution in [0.3, 0.4) is 0 Å². The lowest BCUT2D eigenvalue weighted by atomic mass is 10.1. The smallest absolute Gasteiger partial charge is 0.137 e. The van der Waals surface area contributed by atoms with E-state index in [1.807, 2.05) is 18.2 Å². The molecular formula is C13H14N2O. The van der Waals surface area contributed by atoms with Crippen LogP contribution < -0.4 is 5.73 Å².